The van der Waals surface area contributed by atoms with Crippen molar-refractivity contribution in [2.24, 2.45) is 0 Å². The van der Waals surface area contributed by atoms with Gasteiger partial charge in [0, 0.05) is 26.0 Å². The van der Waals surface area contributed by atoms with Crippen molar-refractivity contribution in [1.82, 2.24) is 0 Å². The van der Waals surface area contributed by atoms with Crippen LogP contribution in [0.2, 0.25) is 0 Å². The maximum Gasteiger partial charge on any atom is 0.392 e. The van der Waals surface area contributed by atoms with Gasteiger partial charge < -0.3 is 4.74 Å². The highest BCUT2D eigenvalue weighted by atomic mass is 32.2. The van der Waals surface area contributed by atoms with Crippen LogP contribution in [0.4, 0.5) is 0 Å². The van der Waals surface area contributed by atoms with Gasteiger partial charge in [-0.2, -0.15) is 0 Å². The standard InChI is InChI=1S/C12H16NO3S2/c1-8(16-9(2)14)10(6-13)4-5-11-7-17-12(15-3)18-11/h7-8,13H,4-5H2,1-3H3/q+1. The van der Waals surface area contributed by atoms with Crippen molar-refractivity contribution in [3.05, 3.63) is 15.8 Å². The molecule has 6 heteroatoms. The van der Waals surface area contributed by atoms with Gasteiger partial charge in [0.25, 0.3) is 0 Å². The lowest BCUT2D eigenvalue weighted by atomic mass is 10.1. The van der Waals surface area contributed by atoms with Gasteiger partial charge in [-0.05, 0) is 19.2 Å². The van der Waals surface area contributed by atoms with Crippen molar-refractivity contribution in [2.75, 3.05) is 7.11 Å². The number of ether oxygens (including phenoxy) is 2. The first-order valence-electron chi connectivity index (χ1n) is 5.47. The third kappa shape index (κ3) is 4.66. The van der Waals surface area contributed by atoms with E-state index < -0.39 is 0 Å². The summed E-state index contributed by atoms with van der Waals surface area (Å²) >= 11 is 3.16. The minimum absolute atomic E-state index is 0.338. The van der Waals surface area contributed by atoms with Gasteiger partial charge in [-0.1, -0.05) is 0 Å². The fourth-order valence-corrected chi connectivity index (χ4v) is 3.35. The molecule has 1 aromatic heterocycles. The number of hydrogen-bond donors (Lipinski definition) is 1. The molecule has 98 valence electrons. The number of methoxy groups -OCH3 is 1. The average molecular weight is 286 g/mol. The normalized spacial score (nSPS) is 11.7. The number of carbonyl (C=O) groups excluding carboxylic acids is 1. The van der Waals surface area contributed by atoms with Gasteiger partial charge in [-0.15, -0.1) is 0 Å². The van der Waals surface area contributed by atoms with Gasteiger partial charge in [0.1, 0.15) is 39.0 Å². The average Bonchev–Trinajstić information content (AvgIpc) is 2.77. The summed E-state index contributed by atoms with van der Waals surface area (Å²) < 4.78 is 11.1. The number of rotatable bonds is 6. The molecule has 0 amide bonds. The predicted octanol–water partition coefficient (Wildman–Crippen LogP) is 3.16. The zero-order valence-corrected chi connectivity index (χ0v) is 12.2. The van der Waals surface area contributed by atoms with E-state index in [0.717, 1.165) is 10.8 Å². The third-order valence-corrected chi connectivity index (χ3v) is 4.67. The highest BCUT2D eigenvalue weighted by Gasteiger charge is 2.17. The SMILES string of the molecule is COc1sc(CCC(=C=N)C(C)OC(C)=O)c[s+]1. The Morgan fingerprint density at radius 3 is 2.89 bits per heavy atom. The fraction of sp³-hybridized carbons (Fsp3) is 0.500. The zero-order chi connectivity index (χ0) is 13.5. The second-order valence-electron chi connectivity index (χ2n) is 3.66. The van der Waals surface area contributed by atoms with Crippen molar-refractivity contribution in [2.45, 2.75) is 32.8 Å². The van der Waals surface area contributed by atoms with Crippen molar-refractivity contribution in [3.63, 3.8) is 0 Å². The summed E-state index contributed by atoms with van der Waals surface area (Å²) in [5.74, 6) is 2.03. The van der Waals surface area contributed by atoms with E-state index in [2.05, 4.69) is 5.87 Å². The van der Waals surface area contributed by atoms with Crippen LogP contribution in [0.25, 0.3) is 0 Å². The van der Waals surface area contributed by atoms with Crippen LogP contribution in [-0.4, -0.2) is 25.1 Å². The first-order valence-corrected chi connectivity index (χ1v) is 7.16. The molecule has 0 aromatic carbocycles. The van der Waals surface area contributed by atoms with Gasteiger partial charge in [0.2, 0.25) is 0 Å². The second-order valence-corrected chi connectivity index (χ2v) is 5.86. The molecule has 18 heavy (non-hydrogen) atoms. The van der Waals surface area contributed by atoms with E-state index in [4.69, 9.17) is 14.9 Å². The van der Waals surface area contributed by atoms with Gasteiger partial charge in [-0.3, -0.25) is 14.9 Å². The highest BCUT2D eigenvalue weighted by Crippen LogP contribution is 2.31. The van der Waals surface area contributed by atoms with Gasteiger partial charge >= 0.3 is 10.3 Å². The van der Waals surface area contributed by atoms with Crippen LogP contribution in [-0.2, 0) is 16.0 Å². The summed E-state index contributed by atoms with van der Waals surface area (Å²) in [6.45, 7) is 3.12. The molecule has 1 N–H and O–H groups in total. The Balaban J connectivity index is 2.54. The largest absolute Gasteiger partial charge is 0.458 e. The third-order valence-electron chi connectivity index (χ3n) is 2.30. The van der Waals surface area contributed by atoms with Crippen molar-refractivity contribution >= 4 is 34.5 Å². The monoisotopic (exact) mass is 286 g/mol. The van der Waals surface area contributed by atoms with Crippen LogP contribution in [0.5, 0.6) is 4.38 Å². The minimum atomic E-state index is -0.384. The molecule has 0 bridgehead atoms. The predicted molar refractivity (Wildman–Crippen MR) is 73.9 cm³/mol. The molecule has 0 spiro atoms. The minimum Gasteiger partial charge on any atom is -0.458 e. The number of hydrogen-bond acceptors (Lipinski definition) is 5. The molecule has 1 aromatic rings. The molecular formula is C12H16NO3S2+. The van der Waals surface area contributed by atoms with Gasteiger partial charge in [0.15, 0.2) is 0 Å². The molecule has 1 rings (SSSR count). The summed E-state index contributed by atoms with van der Waals surface area (Å²) in [7, 11) is 1.65. The number of esters is 1. The molecule has 1 heterocycles. The van der Waals surface area contributed by atoms with Crippen molar-refractivity contribution in [1.29, 1.82) is 5.41 Å². The van der Waals surface area contributed by atoms with Gasteiger partial charge in [0.05, 0.1) is 0 Å². The highest BCUT2D eigenvalue weighted by molar-refractivity contribution is 7.32. The summed E-state index contributed by atoms with van der Waals surface area (Å²) in [5, 5.41) is 9.29. The van der Waals surface area contributed by atoms with E-state index in [1.54, 1.807) is 36.7 Å². The molecule has 1 atom stereocenters. The number of nitrogens with one attached hydrogen (secondary N) is 1. The summed E-state index contributed by atoms with van der Waals surface area (Å²) in [4.78, 5) is 12.0. The summed E-state index contributed by atoms with van der Waals surface area (Å²) in [6.07, 6.45) is 1.08. The molecule has 1 unspecified atom stereocenters. The molecular weight excluding hydrogens is 270 g/mol. The van der Waals surface area contributed by atoms with Crippen LogP contribution in [0.3, 0.4) is 0 Å². The van der Waals surface area contributed by atoms with Crippen LogP contribution >= 0.6 is 22.7 Å². The van der Waals surface area contributed by atoms with E-state index in [-0.39, 0.29) is 12.1 Å². The lowest BCUT2D eigenvalue weighted by Gasteiger charge is -2.12. The lowest BCUT2D eigenvalue weighted by molar-refractivity contribution is -0.143. The van der Waals surface area contributed by atoms with Crippen molar-refractivity contribution < 1.29 is 14.3 Å². The molecule has 0 aliphatic heterocycles. The smallest absolute Gasteiger partial charge is 0.392 e. The molecule has 0 saturated carbocycles. The molecule has 4 nitrogen and oxygen atoms in total. The van der Waals surface area contributed by atoms with Crippen LogP contribution in [0.15, 0.2) is 11.0 Å². The zero-order valence-electron chi connectivity index (χ0n) is 10.6. The van der Waals surface area contributed by atoms with E-state index in [0.29, 0.717) is 12.0 Å². The molecule has 0 saturated heterocycles. The second kappa shape index (κ2) is 7.38. The van der Waals surface area contributed by atoms with E-state index in [1.807, 2.05) is 5.38 Å². The number of carbonyl (C=O) groups is 1. The van der Waals surface area contributed by atoms with Gasteiger partial charge in [-0.25, -0.2) is 0 Å². The fourth-order valence-electron chi connectivity index (χ4n) is 1.41. The topological polar surface area (TPSA) is 59.4 Å². The molecule has 0 aliphatic rings. The Bertz CT molecular complexity index is 464. The number of aryl methyl sites for hydroxylation is 1. The maximum absolute atomic E-state index is 10.9. The van der Waals surface area contributed by atoms with E-state index >= 15 is 0 Å². The van der Waals surface area contributed by atoms with Crippen LogP contribution in [0, 0.1) is 5.41 Å². The first-order chi connectivity index (χ1) is 8.56. The Morgan fingerprint density at radius 1 is 1.67 bits per heavy atom. The lowest BCUT2D eigenvalue weighted by Crippen LogP contribution is -2.15. The summed E-state index contributed by atoms with van der Waals surface area (Å²) in [6, 6.07) is 0. The molecule has 0 fully saturated rings. The summed E-state index contributed by atoms with van der Waals surface area (Å²) in [5.41, 5.74) is 0.697. The molecule has 0 aliphatic carbocycles. The van der Waals surface area contributed by atoms with Crippen molar-refractivity contribution in [3.8, 4) is 4.38 Å². The first kappa shape index (κ1) is 15.0. The van der Waals surface area contributed by atoms with E-state index in [9.17, 15) is 4.79 Å². The van der Waals surface area contributed by atoms with Crippen LogP contribution < -0.4 is 4.74 Å². The molecule has 0 radical (unpaired) electrons. The van der Waals surface area contributed by atoms with Crippen LogP contribution in [0.1, 0.15) is 25.1 Å². The Hall–Kier alpha value is -1.07. The Morgan fingerprint density at radius 2 is 2.39 bits per heavy atom. The Kier molecular flexibility index (Phi) is 6.15. The Labute approximate surface area is 114 Å². The quantitative estimate of drug-likeness (QED) is 0.496. The maximum atomic E-state index is 10.9. The van der Waals surface area contributed by atoms with E-state index in [1.165, 1.54) is 11.8 Å².